The van der Waals surface area contributed by atoms with Gasteiger partial charge in [0, 0.05) is 17.2 Å². The lowest BCUT2D eigenvalue weighted by Gasteiger charge is -2.17. The molecule has 21 heavy (non-hydrogen) atoms. The molecule has 0 heterocycles. The minimum atomic E-state index is -0.233. The van der Waals surface area contributed by atoms with Gasteiger partial charge in [-0.1, -0.05) is 18.2 Å². The second-order valence-corrected chi connectivity index (χ2v) is 5.34. The number of benzene rings is 2. The molecular formula is C18H22FNO. The lowest BCUT2D eigenvalue weighted by Crippen LogP contribution is -2.12. The van der Waals surface area contributed by atoms with Crippen molar-refractivity contribution < 1.29 is 9.13 Å². The standard InChI is InChI=1S/C18H22FNO/c1-11-6-8-15(18(21-5)12(11)2)16-10-14(13(3)20-4)7-9-17(16)19/h6-10,13,20H,1-5H3. The number of hydrogen-bond acceptors (Lipinski definition) is 2. The van der Waals surface area contributed by atoms with Crippen molar-refractivity contribution in [2.24, 2.45) is 0 Å². The molecule has 0 spiro atoms. The van der Waals surface area contributed by atoms with Gasteiger partial charge < -0.3 is 10.1 Å². The summed E-state index contributed by atoms with van der Waals surface area (Å²) >= 11 is 0. The Morgan fingerprint density at radius 1 is 1.10 bits per heavy atom. The highest BCUT2D eigenvalue weighted by molar-refractivity contribution is 5.74. The summed E-state index contributed by atoms with van der Waals surface area (Å²) < 4.78 is 19.8. The van der Waals surface area contributed by atoms with Crippen molar-refractivity contribution in [3.8, 4) is 16.9 Å². The molecule has 1 N–H and O–H groups in total. The van der Waals surface area contributed by atoms with E-state index in [2.05, 4.69) is 12.2 Å². The van der Waals surface area contributed by atoms with Gasteiger partial charge in [0.05, 0.1) is 7.11 Å². The van der Waals surface area contributed by atoms with Gasteiger partial charge in [0.15, 0.2) is 0 Å². The fourth-order valence-corrected chi connectivity index (χ4v) is 2.45. The summed E-state index contributed by atoms with van der Waals surface area (Å²) in [6.45, 7) is 6.07. The maximum Gasteiger partial charge on any atom is 0.131 e. The van der Waals surface area contributed by atoms with Crippen molar-refractivity contribution in [3.05, 3.63) is 52.8 Å². The quantitative estimate of drug-likeness (QED) is 0.900. The Morgan fingerprint density at radius 3 is 2.43 bits per heavy atom. The van der Waals surface area contributed by atoms with E-state index >= 15 is 0 Å². The fraction of sp³-hybridized carbons (Fsp3) is 0.333. The smallest absolute Gasteiger partial charge is 0.131 e. The first-order valence-corrected chi connectivity index (χ1v) is 7.10. The molecule has 2 nitrogen and oxygen atoms in total. The molecule has 0 saturated heterocycles. The van der Waals surface area contributed by atoms with Crippen LogP contribution in [0.2, 0.25) is 0 Å². The molecule has 0 fully saturated rings. The number of halogens is 1. The predicted molar refractivity (Wildman–Crippen MR) is 85.3 cm³/mol. The molecule has 0 aliphatic carbocycles. The van der Waals surface area contributed by atoms with Crippen LogP contribution < -0.4 is 10.1 Å². The van der Waals surface area contributed by atoms with Crippen LogP contribution in [0.4, 0.5) is 4.39 Å². The van der Waals surface area contributed by atoms with Crippen LogP contribution in [0.15, 0.2) is 30.3 Å². The molecule has 0 amide bonds. The van der Waals surface area contributed by atoms with Gasteiger partial charge in [0.25, 0.3) is 0 Å². The lowest BCUT2D eigenvalue weighted by molar-refractivity contribution is 0.412. The second-order valence-electron chi connectivity index (χ2n) is 5.34. The normalized spacial score (nSPS) is 12.3. The molecule has 0 bridgehead atoms. The first-order chi connectivity index (χ1) is 9.99. The predicted octanol–water partition coefficient (Wildman–Crippen LogP) is 4.40. The Bertz CT molecular complexity index is 652. The van der Waals surface area contributed by atoms with Crippen LogP contribution in [0.25, 0.3) is 11.1 Å². The molecule has 2 rings (SSSR count). The van der Waals surface area contributed by atoms with Gasteiger partial charge in [-0.2, -0.15) is 0 Å². The average molecular weight is 287 g/mol. The van der Waals surface area contributed by atoms with E-state index < -0.39 is 0 Å². The van der Waals surface area contributed by atoms with E-state index in [-0.39, 0.29) is 11.9 Å². The van der Waals surface area contributed by atoms with E-state index in [1.54, 1.807) is 7.11 Å². The third-order valence-corrected chi connectivity index (χ3v) is 4.09. The SMILES string of the molecule is CNC(C)c1ccc(F)c(-c2ccc(C)c(C)c2OC)c1. The minimum Gasteiger partial charge on any atom is -0.496 e. The van der Waals surface area contributed by atoms with E-state index in [0.29, 0.717) is 5.56 Å². The highest BCUT2D eigenvalue weighted by atomic mass is 19.1. The summed E-state index contributed by atoms with van der Waals surface area (Å²) in [5, 5.41) is 3.17. The molecule has 0 radical (unpaired) electrons. The van der Waals surface area contributed by atoms with Gasteiger partial charge in [-0.3, -0.25) is 0 Å². The van der Waals surface area contributed by atoms with Crippen LogP contribution in [0, 0.1) is 19.7 Å². The fourth-order valence-electron chi connectivity index (χ4n) is 2.45. The molecule has 0 aromatic heterocycles. The first-order valence-electron chi connectivity index (χ1n) is 7.10. The summed E-state index contributed by atoms with van der Waals surface area (Å²) in [6.07, 6.45) is 0. The number of hydrogen-bond donors (Lipinski definition) is 1. The van der Waals surface area contributed by atoms with Crippen molar-refractivity contribution in [1.82, 2.24) is 5.32 Å². The van der Waals surface area contributed by atoms with E-state index in [1.807, 2.05) is 45.2 Å². The van der Waals surface area contributed by atoms with E-state index in [9.17, 15) is 4.39 Å². The summed E-state index contributed by atoms with van der Waals surface area (Å²) in [5.74, 6) is 0.506. The maximum atomic E-state index is 14.3. The van der Waals surface area contributed by atoms with Crippen LogP contribution >= 0.6 is 0 Å². The molecule has 0 aliphatic rings. The zero-order valence-corrected chi connectivity index (χ0v) is 13.3. The number of rotatable bonds is 4. The van der Waals surface area contributed by atoms with Gasteiger partial charge in [-0.15, -0.1) is 0 Å². The van der Waals surface area contributed by atoms with Gasteiger partial charge in [-0.25, -0.2) is 4.39 Å². The summed E-state index contributed by atoms with van der Waals surface area (Å²) in [7, 11) is 3.52. The maximum absolute atomic E-state index is 14.3. The third kappa shape index (κ3) is 2.93. The van der Waals surface area contributed by atoms with E-state index in [1.165, 1.54) is 6.07 Å². The van der Waals surface area contributed by atoms with E-state index in [4.69, 9.17) is 4.74 Å². The number of ether oxygens (including phenoxy) is 1. The number of methoxy groups -OCH3 is 1. The van der Waals surface area contributed by atoms with Gasteiger partial charge in [-0.05, 0) is 56.6 Å². The largest absolute Gasteiger partial charge is 0.496 e. The van der Waals surface area contributed by atoms with Crippen LogP contribution in [0.3, 0.4) is 0 Å². The van der Waals surface area contributed by atoms with Crippen LogP contribution in [-0.4, -0.2) is 14.2 Å². The molecule has 2 aromatic rings. The van der Waals surface area contributed by atoms with Crippen molar-refractivity contribution in [2.75, 3.05) is 14.2 Å². The summed E-state index contributed by atoms with van der Waals surface area (Å²) in [6, 6.07) is 9.32. The van der Waals surface area contributed by atoms with Crippen molar-refractivity contribution in [3.63, 3.8) is 0 Å². The molecule has 1 atom stereocenters. The summed E-state index contributed by atoms with van der Waals surface area (Å²) in [5.41, 5.74) is 4.60. The lowest BCUT2D eigenvalue weighted by atomic mass is 9.95. The van der Waals surface area contributed by atoms with E-state index in [0.717, 1.165) is 28.0 Å². The first kappa shape index (κ1) is 15.5. The Labute approximate surface area is 126 Å². The Kier molecular flexibility index (Phi) is 4.63. The molecule has 0 saturated carbocycles. The summed E-state index contributed by atoms with van der Waals surface area (Å²) in [4.78, 5) is 0. The molecule has 1 unspecified atom stereocenters. The van der Waals surface area contributed by atoms with Crippen LogP contribution in [0.1, 0.15) is 29.7 Å². The molecule has 2 aromatic carbocycles. The highest BCUT2D eigenvalue weighted by Crippen LogP contribution is 2.36. The van der Waals surface area contributed by atoms with Gasteiger partial charge in [0.1, 0.15) is 11.6 Å². The monoisotopic (exact) mass is 287 g/mol. The minimum absolute atomic E-state index is 0.168. The van der Waals surface area contributed by atoms with Crippen molar-refractivity contribution in [1.29, 1.82) is 0 Å². The Morgan fingerprint density at radius 2 is 1.81 bits per heavy atom. The molecule has 112 valence electrons. The topological polar surface area (TPSA) is 21.3 Å². The molecule has 0 aliphatic heterocycles. The van der Waals surface area contributed by atoms with Gasteiger partial charge in [0.2, 0.25) is 0 Å². The zero-order valence-electron chi connectivity index (χ0n) is 13.3. The highest BCUT2D eigenvalue weighted by Gasteiger charge is 2.15. The van der Waals surface area contributed by atoms with Crippen LogP contribution in [0.5, 0.6) is 5.75 Å². The second kappa shape index (κ2) is 6.27. The Balaban J connectivity index is 2.64. The Hall–Kier alpha value is -1.87. The van der Waals surface area contributed by atoms with Crippen molar-refractivity contribution in [2.45, 2.75) is 26.8 Å². The molecule has 3 heteroatoms. The number of aryl methyl sites for hydroxylation is 1. The van der Waals surface area contributed by atoms with Crippen molar-refractivity contribution >= 4 is 0 Å². The van der Waals surface area contributed by atoms with Gasteiger partial charge >= 0.3 is 0 Å². The third-order valence-electron chi connectivity index (χ3n) is 4.09. The number of nitrogens with one attached hydrogen (secondary N) is 1. The average Bonchev–Trinajstić information content (AvgIpc) is 2.49. The van der Waals surface area contributed by atoms with Crippen LogP contribution in [-0.2, 0) is 0 Å². The zero-order chi connectivity index (χ0) is 15.6. The molecular weight excluding hydrogens is 265 g/mol.